The van der Waals surface area contributed by atoms with Gasteiger partial charge in [0.2, 0.25) is 0 Å². The number of ketones is 1. The van der Waals surface area contributed by atoms with Gasteiger partial charge in [0.05, 0.1) is 15.7 Å². The van der Waals surface area contributed by atoms with Crippen LogP contribution < -0.4 is 0 Å². The Morgan fingerprint density at radius 3 is 1.58 bits per heavy atom. The van der Waals surface area contributed by atoms with Crippen LogP contribution in [-0.2, 0) is 24.5 Å². The second-order valence-electron chi connectivity index (χ2n) is 9.74. The summed E-state index contributed by atoms with van der Waals surface area (Å²) >= 11 is 0. The molecule has 2 aromatic carbocycles. The van der Waals surface area contributed by atoms with Crippen molar-refractivity contribution < 1.29 is 31.2 Å². The average Bonchev–Trinajstić information content (AvgIpc) is 2.79. The van der Waals surface area contributed by atoms with Gasteiger partial charge in [-0.05, 0) is 50.5 Å². The molecule has 0 amide bonds. The Morgan fingerprint density at radius 1 is 0.806 bits per heavy atom. The van der Waals surface area contributed by atoms with E-state index in [0.29, 0.717) is 0 Å². The number of hydrogen-bond donors (Lipinski definition) is 0. The molecule has 11 heteroatoms. The van der Waals surface area contributed by atoms with Crippen LogP contribution in [0.4, 0.5) is 0 Å². The van der Waals surface area contributed by atoms with Gasteiger partial charge in [-0.3, -0.25) is 4.79 Å². The zero-order chi connectivity index (χ0) is 27.5. The summed E-state index contributed by atoms with van der Waals surface area (Å²) in [6.45, 7) is 9.81. The Kier molecular flexibility index (Phi) is 8.70. The maximum absolute atomic E-state index is 13.4. The minimum absolute atomic E-state index is 0.0739. The van der Waals surface area contributed by atoms with Crippen molar-refractivity contribution in [1.29, 1.82) is 0 Å². The Bertz CT molecular complexity index is 1460. The Morgan fingerprint density at radius 2 is 1.22 bits per heavy atom. The van der Waals surface area contributed by atoms with Gasteiger partial charge >= 0.3 is 10.1 Å². The molecule has 0 aromatic heterocycles. The summed E-state index contributed by atoms with van der Waals surface area (Å²) in [5, 5.41) is -1.59. The Hall–Kier alpha value is -3.23. The first kappa shape index (κ1) is 29.0. The van der Waals surface area contributed by atoms with Crippen molar-refractivity contribution in [2.75, 3.05) is 0 Å². The summed E-state index contributed by atoms with van der Waals surface area (Å²) < 4.78 is 52.8. The van der Waals surface area contributed by atoms with Crippen LogP contribution >= 0.6 is 0 Å². The third-order valence-corrected chi connectivity index (χ3v) is 9.54. The largest absolute Gasteiger partial charge is 0.452 e. The minimum Gasteiger partial charge on any atom is -0.360 e. The van der Waals surface area contributed by atoms with Gasteiger partial charge in [-0.2, -0.15) is 4.79 Å². The molecule has 192 valence electrons. The molecular weight excluding hydrogens is 500 g/mol. The molecule has 9 nitrogen and oxygen atoms in total. The third kappa shape index (κ3) is 5.94. The number of Topliss-reactive ketones (excluding diaryl/α,β-unsaturated/α-hetero) is 1. The second-order valence-corrected chi connectivity index (χ2v) is 13.5. The Labute approximate surface area is 212 Å². The van der Waals surface area contributed by atoms with Crippen LogP contribution in [0.15, 0.2) is 58.3 Å². The van der Waals surface area contributed by atoms with E-state index in [1.54, 1.807) is 52.0 Å². The minimum atomic E-state index is -4.46. The maximum Gasteiger partial charge on any atom is 0.452 e. The second kappa shape index (κ2) is 10.8. The van der Waals surface area contributed by atoms with Crippen molar-refractivity contribution in [3.8, 4) is 0 Å². The SMILES string of the molecule is Cc1ccc(S(=O)(=O)C(=[N+]=[N-])C(=O)C(C)(C)CC(C(=[N+]=[N-])S(=O)(=O)c2ccc(C)cc2)C(C)C)cc1. The smallest absolute Gasteiger partial charge is 0.360 e. The zero-order valence-electron chi connectivity index (χ0n) is 21.1. The molecule has 0 bridgehead atoms. The summed E-state index contributed by atoms with van der Waals surface area (Å²) in [4.78, 5) is 19.0. The summed E-state index contributed by atoms with van der Waals surface area (Å²) in [5.74, 6) is -2.37. The van der Waals surface area contributed by atoms with Crippen LogP contribution in [0.3, 0.4) is 0 Å². The van der Waals surface area contributed by atoms with E-state index < -0.39 is 52.8 Å². The molecule has 0 spiro atoms. The first-order valence-electron chi connectivity index (χ1n) is 11.2. The van der Waals surface area contributed by atoms with E-state index in [1.807, 2.05) is 0 Å². The van der Waals surface area contributed by atoms with E-state index in [1.165, 1.54) is 38.1 Å². The zero-order valence-corrected chi connectivity index (χ0v) is 22.8. The highest BCUT2D eigenvalue weighted by Crippen LogP contribution is 2.35. The molecule has 0 saturated carbocycles. The molecule has 1 unspecified atom stereocenters. The maximum atomic E-state index is 13.4. The van der Waals surface area contributed by atoms with E-state index in [9.17, 15) is 32.7 Å². The van der Waals surface area contributed by atoms with Gasteiger partial charge in [0.1, 0.15) is 0 Å². The molecule has 0 N–H and O–H groups in total. The molecule has 0 aliphatic carbocycles. The number of hydrogen-bond acceptors (Lipinski definition) is 5. The van der Waals surface area contributed by atoms with Gasteiger partial charge in [0.15, 0.2) is 0 Å². The third-order valence-electron chi connectivity index (χ3n) is 6.04. The van der Waals surface area contributed by atoms with Crippen LogP contribution in [0.5, 0.6) is 0 Å². The van der Waals surface area contributed by atoms with Crippen molar-refractivity contribution in [1.82, 2.24) is 0 Å². The molecule has 0 heterocycles. The first-order chi connectivity index (χ1) is 16.6. The number of rotatable bonds is 8. The topological polar surface area (TPSA) is 158 Å². The predicted molar refractivity (Wildman–Crippen MR) is 136 cm³/mol. The molecule has 0 radical (unpaired) electrons. The van der Waals surface area contributed by atoms with Crippen molar-refractivity contribution >= 4 is 35.5 Å². The molecule has 2 rings (SSSR count). The first-order valence-corrected chi connectivity index (χ1v) is 14.2. The van der Waals surface area contributed by atoms with Crippen LogP contribution in [-0.4, -0.2) is 42.3 Å². The van der Waals surface area contributed by atoms with E-state index >= 15 is 0 Å². The molecule has 0 aliphatic rings. The molecule has 2 aromatic rings. The van der Waals surface area contributed by atoms with Gasteiger partial charge in [-0.15, -0.1) is 4.79 Å². The molecule has 0 aliphatic heterocycles. The van der Waals surface area contributed by atoms with E-state index in [4.69, 9.17) is 0 Å². The lowest BCUT2D eigenvalue weighted by Crippen LogP contribution is -2.41. The van der Waals surface area contributed by atoms with Crippen LogP contribution in [0, 0.1) is 31.1 Å². The normalized spacial score (nSPS) is 13.0. The molecular formula is C25H30N4O5S2. The monoisotopic (exact) mass is 530 g/mol. The number of sulfone groups is 2. The number of carbonyl (C=O) groups excluding carboxylic acids is 1. The molecule has 1 atom stereocenters. The van der Waals surface area contributed by atoms with Crippen LogP contribution in [0.1, 0.15) is 45.2 Å². The van der Waals surface area contributed by atoms with E-state index in [-0.39, 0.29) is 16.2 Å². The quantitative estimate of drug-likeness (QED) is 0.217. The highest BCUT2D eigenvalue weighted by atomic mass is 32.2. The fraction of sp³-hybridized carbons (Fsp3) is 0.400. The predicted octanol–water partition coefficient (Wildman–Crippen LogP) is 4.07. The molecule has 0 saturated heterocycles. The Balaban J connectivity index is 2.49. The summed E-state index contributed by atoms with van der Waals surface area (Å²) in [6.07, 6.45) is -0.198. The standard InChI is InChI=1S/C25H30N4O5S2/c1-16(2)21(23(28-26)35(31,32)19-11-7-17(3)8-12-19)15-25(5,6)22(30)24(29-27)36(33,34)20-13-9-18(4)10-14-20/h7-14,16,21H,15H2,1-6H3. The van der Waals surface area contributed by atoms with Gasteiger partial charge in [0.25, 0.3) is 25.5 Å². The highest BCUT2D eigenvalue weighted by molar-refractivity contribution is 8.08. The van der Waals surface area contributed by atoms with Crippen molar-refractivity contribution in [2.24, 2.45) is 17.3 Å². The number of benzene rings is 2. The summed E-state index contributed by atoms with van der Waals surface area (Å²) in [5.41, 5.74) is 19.4. The van der Waals surface area contributed by atoms with E-state index in [2.05, 4.69) is 9.58 Å². The van der Waals surface area contributed by atoms with Crippen LogP contribution in [0.25, 0.3) is 11.1 Å². The average molecular weight is 531 g/mol. The number of carbonyl (C=O) groups is 1. The van der Waals surface area contributed by atoms with Crippen molar-refractivity contribution in [3.63, 3.8) is 0 Å². The number of aryl methyl sites for hydroxylation is 2. The lowest BCUT2D eigenvalue weighted by molar-refractivity contribution is -0.124. The van der Waals surface area contributed by atoms with Crippen molar-refractivity contribution in [2.45, 2.75) is 57.8 Å². The van der Waals surface area contributed by atoms with Crippen molar-refractivity contribution in [3.05, 3.63) is 70.7 Å². The summed E-state index contributed by atoms with van der Waals surface area (Å²) in [6, 6.07) is 11.7. The number of nitrogens with zero attached hydrogens (tertiary/aromatic N) is 4. The fourth-order valence-corrected chi connectivity index (χ4v) is 6.70. The summed E-state index contributed by atoms with van der Waals surface area (Å²) in [7, 11) is -8.68. The molecule has 36 heavy (non-hydrogen) atoms. The lowest BCUT2D eigenvalue weighted by atomic mass is 9.76. The van der Waals surface area contributed by atoms with Gasteiger partial charge < -0.3 is 11.1 Å². The highest BCUT2D eigenvalue weighted by Gasteiger charge is 2.49. The van der Waals surface area contributed by atoms with Gasteiger partial charge in [-0.1, -0.05) is 63.1 Å². The van der Waals surface area contributed by atoms with Gasteiger partial charge in [-0.25, -0.2) is 16.8 Å². The molecule has 0 fully saturated rings. The fourth-order valence-electron chi connectivity index (χ4n) is 3.76. The van der Waals surface area contributed by atoms with Gasteiger partial charge in [0, 0.05) is 5.41 Å². The van der Waals surface area contributed by atoms with Crippen LogP contribution in [0.2, 0.25) is 0 Å². The lowest BCUT2D eigenvalue weighted by Gasteiger charge is -2.26. The van der Waals surface area contributed by atoms with E-state index in [0.717, 1.165) is 11.1 Å².